The van der Waals surface area contributed by atoms with Crippen LogP contribution in [0.4, 0.5) is 13.2 Å². The van der Waals surface area contributed by atoms with E-state index in [1.807, 2.05) is 0 Å². The first-order valence-electron chi connectivity index (χ1n) is 7.28. The van der Waals surface area contributed by atoms with Gasteiger partial charge in [0.05, 0.1) is 11.1 Å². The molecule has 0 saturated heterocycles. The van der Waals surface area contributed by atoms with E-state index in [0.29, 0.717) is 0 Å². The van der Waals surface area contributed by atoms with Crippen LogP contribution in [0.25, 0.3) is 0 Å². The number of carbonyl (C=O) groups is 4. The number of hydrogen-bond donors (Lipinski definition) is 2. The molecule has 1 aliphatic rings. The predicted octanol–water partition coefficient (Wildman–Crippen LogP) is 0.467. The lowest BCUT2D eigenvalue weighted by Gasteiger charge is -2.13. The summed E-state index contributed by atoms with van der Waals surface area (Å²) in [4.78, 5) is 47.3. The third-order valence-corrected chi connectivity index (χ3v) is 3.40. The Labute approximate surface area is 140 Å². The second-order valence-corrected chi connectivity index (χ2v) is 5.20. The minimum atomic E-state index is -4.95. The van der Waals surface area contributed by atoms with E-state index < -0.39 is 36.3 Å². The summed E-state index contributed by atoms with van der Waals surface area (Å²) in [5.74, 6) is -3.83. The van der Waals surface area contributed by atoms with Crippen LogP contribution in [0, 0.1) is 0 Å². The summed E-state index contributed by atoms with van der Waals surface area (Å²) in [6.07, 6.45) is -4.88. The Morgan fingerprint density at radius 2 is 1.48 bits per heavy atom. The van der Waals surface area contributed by atoms with Crippen molar-refractivity contribution >= 4 is 23.6 Å². The van der Waals surface area contributed by atoms with Crippen molar-refractivity contribution in [2.45, 2.75) is 12.6 Å². The number of fused-ring (bicyclic) bond motifs is 1. The van der Waals surface area contributed by atoms with E-state index in [-0.39, 0.29) is 30.6 Å². The summed E-state index contributed by atoms with van der Waals surface area (Å²) in [5, 5.41) is 4.03. The maximum absolute atomic E-state index is 12.1. The van der Waals surface area contributed by atoms with Crippen molar-refractivity contribution < 1.29 is 32.3 Å². The third-order valence-electron chi connectivity index (χ3n) is 3.40. The van der Waals surface area contributed by atoms with Crippen LogP contribution in [0.5, 0.6) is 0 Å². The molecule has 25 heavy (non-hydrogen) atoms. The zero-order valence-corrected chi connectivity index (χ0v) is 12.9. The number of benzene rings is 1. The Hall–Kier alpha value is -2.91. The first-order chi connectivity index (χ1) is 11.7. The van der Waals surface area contributed by atoms with Crippen LogP contribution in [-0.4, -0.2) is 54.3 Å². The van der Waals surface area contributed by atoms with E-state index in [1.54, 1.807) is 17.4 Å². The summed E-state index contributed by atoms with van der Waals surface area (Å²) in [6.45, 7) is -0.771. The van der Waals surface area contributed by atoms with Crippen LogP contribution < -0.4 is 10.6 Å². The van der Waals surface area contributed by atoms with Gasteiger partial charge in [0.1, 0.15) is 6.54 Å². The minimum absolute atomic E-state index is 0.0138. The molecule has 10 heteroatoms. The van der Waals surface area contributed by atoms with E-state index in [4.69, 9.17) is 0 Å². The lowest BCUT2D eigenvalue weighted by atomic mass is 10.1. The van der Waals surface area contributed by atoms with Crippen LogP contribution in [-0.2, 0) is 9.59 Å². The Bertz CT molecular complexity index is 683. The van der Waals surface area contributed by atoms with Gasteiger partial charge in [-0.25, -0.2) is 0 Å². The van der Waals surface area contributed by atoms with Gasteiger partial charge in [-0.15, -0.1) is 0 Å². The molecule has 0 aromatic heterocycles. The molecule has 0 bridgehead atoms. The highest BCUT2D eigenvalue weighted by molar-refractivity contribution is 6.22. The number of nitrogens with one attached hydrogen (secondary N) is 2. The van der Waals surface area contributed by atoms with Crippen LogP contribution >= 0.6 is 0 Å². The highest BCUT2D eigenvalue weighted by Crippen LogP contribution is 2.21. The maximum Gasteiger partial charge on any atom is 0.471 e. The molecule has 1 heterocycles. The number of alkyl halides is 3. The summed E-state index contributed by atoms with van der Waals surface area (Å²) >= 11 is 0. The maximum atomic E-state index is 12.1. The van der Waals surface area contributed by atoms with Gasteiger partial charge < -0.3 is 10.6 Å². The molecule has 134 valence electrons. The van der Waals surface area contributed by atoms with Gasteiger partial charge in [0.2, 0.25) is 5.91 Å². The molecule has 0 fully saturated rings. The molecule has 0 unspecified atom stereocenters. The van der Waals surface area contributed by atoms with E-state index in [9.17, 15) is 32.3 Å². The number of rotatable bonds is 6. The lowest BCUT2D eigenvalue weighted by molar-refractivity contribution is -0.173. The van der Waals surface area contributed by atoms with Crippen molar-refractivity contribution in [2.75, 3.05) is 19.6 Å². The zero-order valence-electron chi connectivity index (χ0n) is 12.9. The molecule has 0 aliphatic carbocycles. The molecule has 2 N–H and O–H groups in total. The number of hydrogen-bond acceptors (Lipinski definition) is 4. The molecular weight excluding hydrogens is 343 g/mol. The van der Waals surface area contributed by atoms with Crippen molar-refractivity contribution in [3.63, 3.8) is 0 Å². The van der Waals surface area contributed by atoms with Gasteiger partial charge in [-0.05, 0) is 18.6 Å². The van der Waals surface area contributed by atoms with Gasteiger partial charge >= 0.3 is 12.1 Å². The Morgan fingerprint density at radius 1 is 0.960 bits per heavy atom. The summed E-state index contributed by atoms with van der Waals surface area (Å²) in [6, 6.07) is 6.17. The van der Waals surface area contributed by atoms with E-state index >= 15 is 0 Å². The fourth-order valence-electron chi connectivity index (χ4n) is 2.20. The third kappa shape index (κ3) is 4.34. The van der Waals surface area contributed by atoms with Gasteiger partial charge in [-0.1, -0.05) is 12.1 Å². The smallest absolute Gasteiger partial charge is 0.354 e. The predicted molar refractivity (Wildman–Crippen MR) is 78.5 cm³/mol. The molecule has 4 amide bonds. The molecule has 0 spiro atoms. The quantitative estimate of drug-likeness (QED) is 0.571. The summed E-state index contributed by atoms with van der Waals surface area (Å²) in [5.41, 5.74) is 0.435. The average Bonchev–Trinajstić information content (AvgIpc) is 2.79. The number of nitrogens with zero attached hydrogens (tertiary/aromatic N) is 1. The van der Waals surface area contributed by atoms with Crippen molar-refractivity contribution in [1.82, 2.24) is 15.5 Å². The van der Waals surface area contributed by atoms with Crippen molar-refractivity contribution in [1.29, 1.82) is 0 Å². The topological polar surface area (TPSA) is 95.6 Å². The van der Waals surface area contributed by atoms with Gasteiger partial charge in [0.25, 0.3) is 11.8 Å². The first kappa shape index (κ1) is 18.4. The van der Waals surface area contributed by atoms with Crippen LogP contribution in [0.3, 0.4) is 0 Å². The molecule has 0 radical (unpaired) electrons. The lowest BCUT2D eigenvalue weighted by Crippen LogP contribution is -2.41. The second-order valence-electron chi connectivity index (χ2n) is 5.20. The first-order valence-corrected chi connectivity index (χ1v) is 7.28. The largest absolute Gasteiger partial charge is 0.471 e. The molecule has 1 aliphatic heterocycles. The number of imide groups is 1. The fourth-order valence-corrected chi connectivity index (χ4v) is 2.20. The highest BCUT2D eigenvalue weighted by atomic mass is 19.4. The SMILES string of the molecule is O=C(CN1C(=O)c2ccccc2C1=O)NCCCNC(=O)C(F)(F)F. The Morgan fingerprint density at radius 3 is 2.00 bits per heavy atom. The molecule has 7 nitrogen and oxygen atoms in total. The van der Waals surface area contributed by atoms with Crippen molar-refractivity contribution in [3.8, 4) is 0 Å². The van der Waals surface area contributed by atoms with Crippen LogP contribution in [0.15, 0.2) is 24.3 Å². The number of amides is 4. The second kappa shape index (κ2) is 7.32. The van der Waals surface area contributed by atoms with Crippen molar-refractivity contribution in [2.24, 2.45) is 0 Å². The average molecular weight is 357 g/mol. The van der Waals surface area contributed by atoms with E-state index in [2.05, 4.69) is 5.32 Å². The summed E-state index contributed by atoms with van der Waals surface area (Å²) in [7, 11) is 0. The molecular formula is C15H14F3N3O4. The van der Waals surface area contributed by atoms with Crippen LogP contribution in [0.2, 0.25) is 0 Å². The highest BCUT2D eigenvalue weighted by Gasteiger charge is 2.38. The fraction of sp³-hybridized carbons (Fsp3) is 0.333. The number of carbonyl (C=O) groups excluding carboxylic acids is 4. The van der Waals surface area contributed by atoms with Crippen LogP contribution in [0.1, 0.15) is 27.1 Å². The zero-order chi connectivity index (χ0) is 18.6. The summed E-state index contributed by atoms with van der Waals surface area (Å²) < 4.78 is 35.8. The van der Waals surface area contributed by atoms with Gasteiger partial charge in [-0.3, -0.25) is 24.1 Å². The minimum Gasteiger partial charge on any atom is -0.354 e. The molecule has 1 aromatic rings. The van der Waals surface area contributed by atoms with E-state index in [0.717, 1.165) is 4.90 Å². The molecule has 1 aromatic carbocycles. The Balaban J connectivity index is 1.74. The van der Waals surface area contributed by atoms with Crippen molar-refractivity contribution in [3.05, 3.63) is 35.4 Å². The van der Waals surface area contributed by atoms with Gasteiger partial charge in [-0.2, -0.15) is 13.2 Å². The van der Waals surface area contributed by atoms with E-state index in [1.165, 1.54) is 12.1 Å². The Kier molecular flexibility index (Phi) is 5.40. The standard InChI is InChI=1S/C15H14F3N3O4/c16-15(17,18)14(25)20-7-3-6-19-11(22)8-21-12(23)9-4-1-2-5-10(9)13(21)24/h1-2,4-5H,3,6-8H2,(H,19,22)(H,20,25). The normalized spacial score (nSPS) is 13.6. The number of halogens is 3. The molecule has 2 rings (SSSR count). The van der Waals surface area contributed by atoms with Gasteiger partial charge in [0, 0.05) is 13.1 Å². The molecule has 0 saturated carbocycles. The molecule has 0 atom stereocenters. The van der Waals surface area contributed by atoms with Gasteiger partial charge in [0.15, 0.2) is 0 Å². The monoisotopic (exact) mass is 357 g/mol.